The number of alkyl halides is 3. The number of nitrogens with one attached hydrogen (secondary N) is 1. The minimum Gasteiger partial charge on any atom is -0.507 e. The smallest absolute Gasteiger partial charge is 0.416 e. The fraction of sp³-hybridized carbons (Fsp3) is 0.440. The summed E-state index contributed by atoms with van der Waals surface area (Å²) in [6.45, 7) is 9.77. The van der Waals surface area contributed by atoms with E-state index in [2.05, 4.69) is 24.1 Å². The summed E-state index contributed by atoms with van der Waals surface area (Å²) >= 11 is 0. The van der Waals surface area contributed by atoms with Gasteiger partial charge >= 0.3 is 6.18 Å². The van der Waals surface area contributed by atoms with E-state index in [0.717, 1.165) is 24.8 Å². The first kappa shape index (κ1) is 24.6. The highest BCUT2D eigenvalue weighted by Gasteiger charge is 2.34. The van der Waals surface area contributed by atoms with Crippen LogP contribution in [0.1, 0.15) is 57.2 Å². The molecule has 3 nitrogen and oxygen atoms in total. The van der Waals surface area contributed by atoms with E-state index in [9.17, 15) is 18.3 Å². The summed E-state index contributed by atoms with van der Waals surface area (Å²) < 4.78 is 39.9. The van der Waals surface area contributed by atoms with Crippen LogP contribution in [0.3, 0.4) is 0 Å². The molecule has 0 bridgehead atoms. The summed E-state index contributed by atoms with van der Waals surface area (Å²) in [6.07, 6.45) is 0.581. The standard InChI is InChI=1S/C25H33F3N2O/c1-6-24(4,21-16-19(25(26,27)28)12-14-22(21)29-5)15-9-10-18-11-13-20(17-23(18)31)30(7-2)8-3/h9-14,16-17,29,31H,6-8,15H2,1-5H3/b10-9+. The molecule has 0 radical (unpaired) electrons. The molecule has 2 N–H and O–H groups in total. The van der Waals surface area contributed by atoms with Crippen LogP contribution in [0.2, 0.25) is 0 Å². The van der Waals surface area contributed by atoms with Gasteiger partial charge in [0, 0.05) is 43.1 Å². The minimum atomic E-state index is -4.39. The van der Waals surface area contributed by atoms with Crippen molar-refractivity contribution in [3.63, 3.8) is 0 Å². The molecule has 1 unspecified atom stereocenters. The first-order chi connectivity index (χ1) is 14.6. The Hall–Kier alpha value is -2.63. The predicted octanol–water partition coefficient (Wildman–Crippen LogP) is 7.07. The topological polar surface area (TPSA) is 35.5 Å². The van der Waals surface area contributed by atoms with Gasteiger partial charge in [-0.15, -0.1) is 0 Å². The third-order valence-electron chi connectivity index (χ3n) is 6.06. The second-order valence-electron chi connectivity index (χ2n) is 7.94. The van der Waals surface area contributed by atoms with Gasteiger partial charge in [0.15, 0.2) is 0 Å². The molecule has 0 saturated carbocycles. The van der Waals surface area contributed by atoms with Gasteiger partial charge in [0.1, 0.15) is 5.75 Å². The molecule has 170 valence electrons. The second kappa shape index (κ2) is 10.1. The summed E-state index contributed by atoms with van der Waals surface area (Å²) in [6, 6.07) is 9.44. The second-order valence-corrected chi connectivity index (χ2v) is 7.94. The highest BCUT2D eigenvalue weighted by molar-refractivity contribution is 5.63. The lowest BCUT2D eigenvalue weighted by Gasteiger charge is -2.31. The Bertz CT molecular complexity index is 904. The van der Waals surface area contributed by atoms with E-state index in [1.54, 1.807) is 13.1 Å². The summed E-state index contributed by atoms with van der Waals surface area (Å²) in [5, 5.41) is 13.5. The Morgan fingerprint density at radius 2 is 1.71 bits per heavy atom. The lowest BCUT2D eigenvalue weighted by atomic mass is 9.75. The molecular weight excluding hydrogens is 401 g/mol. The van der Waals surface area contributed by atoms with Gasteiger partial charge in [-0.1, -0.05) is 26.0 Å². The minimum absolute atomic E-state index is 0.189. The van der Waals surface area contributed by atoms with Crippen molar-refractivity contribution in [3.05, 3.63) is 59.2 Å². The highest BCUT2D eigenvalue weighted by atomic mass is 19.4. The molecule has 1 atom stereocenters. The van der Waals surface area contributed by atoms with Gasteiger partial charge < -0.3 is 15.3 Å². The molecule has 31 heavy (non-hydrogen) atoms. The van der Waals surface area contributed by atoms with Crippen molar-refractivity contribution in [2.45, 2.75) is 52.1 Å². The van der Waals surface area contributed by atoms with Crippen LogP contribution in [0.4, 0.5) is 24.5 Å². The predicted molar refractivity (Wildman–Crippen MR) is 124 cm³/mol. The molecule has 0 amide bonds. The Kier molecular flexibility index (Phi) is 8.04. The van der Waals surface area contributed by atoms with Crippen LogP contribution in [0, 0.1) is 0 Å². The normalized spacial score (nSPS) is 13.9. The maximum absolute atomic E-state index is 13.3. The third kappa shape index (κ3) is 5.75. The highest BCUT2D eigenvalue weighted by Crippen LogP contribution is 2.40. The van der Waals surface area contributed by atoms with Gasteiger partial charge in [0.25, 0.3) is 0 Å². The molecule has 0 aliphatic rings. The number of rotatable bonds is 9. The van der Waals surface area contributed by atoms with Crippen molar-refractivity contribution < 1.29 is 18.3 Å². The van der Waals surface area contributed by atoms with Crippen LogP contribution in [0.5, 0.6) is 5.75 Å². The fourth-order valence-electron chi connectivity index (χ4n) is 3.79. The van der Waals surface area contributed by atoms with Crippen LogP contribution in [0.25, 0.3) is 6.08 Å². The van der Waals surface area contributed by atoms with Crippen LogP contribution in [-0.4, -0.2) is 25.2 Å². The van der Waals surface area contributed by atoms with Crippen molar-refractivity contribution in [2.24, 2.45) is 0 Å². The number of benzene rings is 2. The summed E-state index contributed by atoms with van der Waals surface area (Å²) in [4.78, 5) is 2.15. The number of halogens is 3. The van der Waals surface area contributed by atoms with Gasteiger partial charge in [-0.05, 0) is 68.0 Å². The Morgan fingerprint density at radius 3 is 2.23 bits per heavy atom. The first-order valence-electron chi connectivity index (χ1n) is 10.7. The van der Waals surface area contributed by atoms with Gasteiger partial charge in [0.05, 0.1) is 5.56 Å². The zero-order valence-corrected chi connectivity index (χ0v) is 19.0. The molecule has 0 aromatic heterocycles. The molecule has 0 heterocycles. The maximum atomic E-state index is 13.3. The van der Waals surface area contributed by atoms with E-state index < -0.39 is 17.2 Å². The SMILES string of the molecule is CCN(CC)c1ccc(/C=C/CC(C)(CC)c2cc(C(F)(F)F)ccc2NC)c(O)c1. The molecule has 0 spiro atoms. The van der Waals surface area contributed by atoms with E-state index in [-0.39, 0.29) is 5.75 Å². The van der Waals surface area contributed by atoms with E-state index in [0.29, 0.717) is 29.7 Å². The summed E-state index contributed by atoms with van der Waals surface area (Å²) in [7, 11) is 1.72. The first-order valence-corrected chi connectivity index (χ1v) is 10.7. The van der Waals surface area contributed by atoms with Crippen molar-refractivity contribution >= 4 is 17.5 Å². The number of aromatic hydroxyl groups is 1. The van der Waals surface area contributed by atoms with Gasteiger partial charge in [-0.25, -0.2) is 0 Å². The average molecular weight is 435 g/mol. The number of hydrogen-bond acceptors (Lipinski definition) is 3. The van der Waals surface area contributed by atoms with Crippen molar-refractivity contribution in [1.82, 2.24) is 0 Å². The van der Waals surface area contributed by atoms with Crippen LogP contribution < -0.4 is 10.2 Å². The number of phenols is 1. The molecular formula is C25H33F3N2O. The zero-order chi connectivity index (χ0) is 23.2. The lowest BCUT2D eigenvalue weighted by molar-refractivity contribution is -0.137. The van der Waals surface area contributed by atoms with Crippen LogP contribution in [0.15, 0.2) is 42.5 Å². The maximum Gasteiger partial charge on any atom is 0.416 e. The van der Waals surface area contributed by atoms with Crippen LogP contribution >= 0.6 is 0 Å². The van der Waals surface area contributed by atoms with Crippen molar-refractivity contribution in [1.29, 1.82) is 0 Å². The number of phenolic OH excluding ortho intramolecular Hbond substituents is 1. The fourth-order valence-corrected chi connectivity index (χ4v) is 3.79. The molecule has 0 aliphatic carbocycles. The van der Waals surface area contributed by atoms with E-state index in [1.165, 1.54) is 12.1 Å². The zero-order valence-electron chi connectivity index (χ0n) is 19.0. The number of allylic oxidation sites excluding steroid dienone is 1. The average Bonchev–Trinajstić information content (AvgIpc) is 2.74. The molecule has 0 fully saturated rings. The van der Waals surface area contributed by atoms with Crippen molar-refractivity contribution in [2.75, 3.05) is 30.4 Å². The molecule has 2 rings (SSSR count). The Labute approximate surface area is 183 Å². The van der Waals surface area contributed by atoms with Gasteiger partial charge in [0.2, 0.25) is 0 Å². The monoisotopic (exact) mass is 434 g/mol. The third-order valence-corrected chi connectivity index (χ3v) is 6.06. The van der Waals surface area contributed by atoms with E-state index in [1.807, 2.05) is 38.1 Å². The Balaban J connectivity index is 2.31. The van der Waals surface area contributed by atoms with Gasteiger partial charge in [-0.2, -0.15) is 13.2 Å². The lowest BCUT2D eigenvalue weighted by Crippen LogP contribution is -2.22. The van der Waals surface area contributed by atoms with Gasteiger partial charge in [-0.3, -0.25) is 0 Å². The molecule has 2 aromatic carbocycles. The van der Waals surface area contributed by atoms with Crippen LogP contribution in [-0.2, 0) is 11.6 Å². The van der Waals surface area contributed by atoms with Crippen molar-refractivity contribution in [3.8, 4) is 5.75 Å². The number of anilines is 2. The largest absolute Gasteiger partial charge is 0.507 e. The van der Waals surface area contributed by atoms with E-state index in [4.69, 9.17) is 0 Å². The molecule has 0 saturated heterocycles. The molecule has 0 aliphatic heterocycles. The molecule has 2 aromatic rings. The summed E-state index contributed by atoms with van der Waals surface area (Å²) in [5.74, 6) is 0.189. The summed E-state index contributed by atoms with van der Waals surface area (Å²) in [5.41, 5.74) is 1.84. The number of nitrogens with zero attached hydrogens (tertiary/aromatic N) is 1. The molecule has 6 heteroatoms. The Morgan fingerprint density at radius 1 is 1.03 bits per heavy atom. The quantitative estimate of drug-likeness (QED) is 0.443. The number of hydrogen-bond donors (Lipinski definition) is 2. The van der Waals surface area contributed by atoms with E-state index >= 15 is 0 Å².